The predicted octanol–water partition coefficient (Wildman–Crippen LogP) is 2.39. The van der Waals surface area contributed by atoms with Gasteiger partial charge in [-0.25, -0.2) is 0 Å². The molecule has 0 heterocycles. The Balaban J connectivity index is 2.00. The van der Waals surface area contributed by atoms with Crippen LogP contribution in [0.3, 0.4) is 0 Å². The van der Waals surface area contributed by atoms with E-state index < -0.39 is 0 Å². The van der Waals surface area contributed by atoms with Crippen LogP contribution in [0.2, 0.25) is 0 Å². The Morgan fingerprint density at radius 2 is 2.08 bits per heavy atom. The molecule has 1 saturated carbocycles. The standard InChI is InChI=1S/C11H17N/c12-8-9-5-6-11(7-9)10-3-1-2-4-10/h6-7,10H,1-5,8,12H2. The average molecular weight is 163 g/mol. The van der Waals surface area contributed by atoms with Gasteiger partial charge in [0.1, 0.15) is 0 Å². The molecule has 0 aromatic rings. The number of rotatable bonds is 2. The zero-order chi connectivity index (χ0) is 8.39. The maximum atomic E-state index is 5.59. The highest BCUT2D eigenvalue weighted by Gasteiger charge is 2.20. The average Bonchev–Trinajstić information content (AvgIpc) is 2.75. The third-order valence-electron chi connectivity index (χ3n) is 3.06. The normalized spacial score (nSPS) is 24.4. The summed E-state index contributed by atoms with van der Waals surface area (Å²) >= 11 is 0. The smallest absolute Gasteiger partial charge is 0.0143 e. The maximum absolute atomic E-state index is 5.59. The molecule has 0 spiro atoms. The van der Waals surface area contributed by atoms with Gasteiger partial charge in [0.25, 0.3) is 0 Å². The van der Waals surface area contributed by atoms with Crippen LogP contribution < -0.4 is 5.73 Å². The molecular weight excluding hydrogens is 146 g/mol. The van der Waals surface area contributed by atoms with E-state index in [1.54, 1.807) is 5.57 Å². The molecule has 0 aromatic heterocycles. The van der Waals surface area contributed by atoms with Gasteiger partial charge in [-0.15, -0.1) is 0 Å². The van der Waals surface area contributed by atoms with E-state index in [1.165, 1.54) is 31.3 Å². The fourth-order valence-corrected chi connectivity index (χ4v) is 2.29. The minimum atomic E-state index is 0.743. The van der Waals surface area contributed by atoms with Crippen molar-refractivity contribution in [2.45, 2.75) is 32.1 Å². The van der Waals surface area contributed by atoms with Crippen LogP contribution in [0.4, 0.5) is 0 Å². The van der Waals surface area contributed by atoms with Gasteiger partial charge < -0.3 is 5.73 Å². The van der Waals surface area contributed by atoms with Crippen LogP contribution in [-0.4, -0.2) is 6.54 Å². The highest BCUT2D eigenvalue weighted by atomic mass is 14.5. The van der Waals surface area contributed by atoms with E-state index in [2.05, 4.69) is 12.2 Å². The lowest BCUT2D eigenvalue weighted by atomic mass is 9.99. The molecule has 0 unspecified atom stereocenters. The first-order valence-electron chi connectivity index (χ1n) is 4.99. The molecule has 1 fully saturated rings. The largest absolute Gasteiger partial charge is 0.327 e. The Hall–Kier alpha value is -0.560. The third-order valence-corrected chi connectivity index (χ3v) is 3.06. The molecule has 2 aliphatic carbocycles. The van der Waals surface area contributed by atoms with E-state index >= 15 is 0 Å². The summed E-state index contributed by atoms with van der Waals surface area (Å²) in [5.74, 6) is 0.869. The molecule has 0 saturated heterocycles. The molecule has 1 nitrogen and oxygen atoms in total. The fraction of sp³-hybridized carbons (Fsp3) is 0.636. The maximum Gasteiger partial charge on any atom is 0.0143 e. The first kappa shape index (κ1) is 8.06. The van der Waals surface area contributed by atoms with Crippen LogP contribution in [-0.2, 0) is 0 Å². The van der Waals surface area contributed by atoms with Gasteiger partial charge in [0, 0.05) is 6.54 Å². The Morgan fingerprint density at radius 1 is 1.33 bits per heavy atom. The highest BCUT2D eigenvalue weighted by molar-refractivity contribution is 5.35. The molecule has 0 radical (unpaired) electrons. The molecule has 0 atom stereocenters. The first-order valence-corrected chi connectivity index (χ1v) is 4.99. The van der Waals surface area contributed by atoms with E-state index in [1.807, 2.05) is 0 Å². The van der Waals surface area contributed by atoms with Crippen LogP contribution in [0.1, 0.15) is 32.1 Å². The van der Waals surface area contributed by atoms with Crippen LogP contribution in [0.5, 0.6) is 0 Å². The SMILES string of the molecule is NCC1=CC(C2CCCC2)=CC1. The zero-order valence-electron chi connectivity index (χ0n) is 7.55. The van der Waals surface area contributed by atoms with Gasteiger partial charge in [0.2, 0.25) is 0 Å². The van der Waals surface area contributed by atoms with Crippen molar-refractivity contribution in [2.24, 2.45) is 11.7 Å². The van der Waals surface area contributed by atoms with Crippen molar-refractivity contribution in [1.82, 2.24) is 0 Å². The lowest BCUT2D eigenvalue weighted by Crippen LogP contribution is -2.00. The number of hydrogen-bond acceptors (Lipinski definition) is 1. The van der Waals surface area contributed by atoms with E-state index in [9.17, 15) is 0 Å². The number of hydrogen-bond donors (Lipinski definition) is 1. The van der Waals surface area contributed by atoms with Gasteiger partial charge >= 0.3 is 0 Å². The molecule has 2 rings (SSSR count). The molecule has 0 amide bonds. The molecular formula is C11H17N. The van der Waals surface area contributed by atoms with E-state index in [0.717, 1.165) is 18.9 Å². The summed E-state index contributed by atoms with van der Waals surface area (Å²) in [6.07, 6.45) is 11.5. The Morgan fingerprint density at radius 3 is 2.67 bits per heavy atom. The van der Waals surface area contributed by atoms with Crippen LogP contribution in [0, 0.1) is 5.92 Å². The lowest BCUT2D eigenvalue weighted by Gasteiger charge is -2.07. The predicted molar refractivity (Wildman–Crippen MR) is 51.8 cm³/mol. The van der Waals surface area contributed by atoms with Gasteiger partial charge in [-0.05, 0) is 30.8 Å². The molecule has 12 heavy (non-hydrogen) atoms. The Kier molecular flexibility index (Phi) is 2.31. The fourth-order valence-electron chi connectivity index (χ4n) is 2.29. The van der Waals surface area contributed by atoms with Crippen molar-refractivity contribution in [1.29, 1.82) is 0 Å². The van der Waals surface area contributed by atoms with Crippen LogP contribution >= 0.6 is 0 Å². The summed E-state index contributed by atoms with van der Waals surface area (Å²) in [5.41, 5.74) is 8.58. The topological polar surface area (TPSA) is 26.0 Å². The van der Waals surface area contributed by atoms with Crippen molar-refractivity contribution >= 4 is 0 Å². The molecule has 2 aliphatic rings. The summed E-state index contributed by atoms with van der Waals surface area (Å²) in [6, 6.07) is 0. The second-order valence-electron chi connectivity index (χ2n) is 3.90. The van der Waals surface area contributed by atoms with Crippen molar-refractivity contribution in [3.8, 4) is 0 Å². The quantitative estimate of drug-likeness (QED) is 0.664. The zero-order valence-corrected chi connectivity index (χ0v) is 7.55. The van der Waals surface area contributed by atoms with Gasteiger partial charge in [-0.1, -0.05) is 30.6 Å². The Bertz CT molecular complexity index is 219. The Labute approximate surface area is 74.3 Å². The van der Waals surface area contributed by atoms with Crippen molar-refractivity contribution in [2.75, 3.05) is 6.54 Å². The van der Waals surface area contributed by atoms with Gasteiger partial charge in [-0.3, -0.25) is 0 Å². The van der Waals surface area contributed by atoms with Crippen LogP contribution in [0.25, 0.3) is 0 Å². The van der Waals surface area contributed by atoms with E-state index in [-0.39, 0.29) is 0 Å². The number of nitrogens with two attached hydrogens (primary N) is 1. The summed E-state index contributed by atoms with van der Waals surface area (Å²) in [5, 5.41) is 0. The molecule has 2 N–H and O–H groups in total. The van der Waals surface area contributed by atoms with Crippen molar-refractivity contribution in [3.63, 3.8) is 0 Å². The molecule has 66 valence electrons. The monoisotopic (exact) mass is 163 g/mol. The number of allylic oxidation sites excluding steroid dienone is 3. The van der Waals surface area contributed by atoms with Crippen molar-refractivity contribution in [3.05, 3.63) is 23.3 Å². The molecule has 0 bridgehead atoms. The minimum Gasteiger partial charge on any atom is -0.327 e. The molecule has 0 aromatic carbocycles. The van der Waals surface area contributed by atoms with E-state index in [4.69, 9.17) is 5.73 Å². The van der Waals surface area contributed by atoms with Gasteiger partial charge in [0.15, 0.2) is 0 Å². The minimum absolute atomic E-state index is 0.743. The second kappa shape index (κ2) is 3.44. The highest BCUT2D eigenvalue weighted by Crippen LogP contribution is 2.35. The lowest BCUT2D eigenvalue weighted by molar-refractivity contribution is 0.658. The van der Waals surface area contributed by atoms with Gasteiger partial charge in [-0.2, -0.15) is 0 Å². The van der Waals surface area contributed by atoms with Crippen molar-refractivity contribution < 1.29 is 0 Å². The molecule has 0 aliphatic heterocycles. The summed E-state index contributed by atoms with van der Waals surface area (Å²) < 4.78 is 0. The first-order chi connectivity index (χ1) is 5.90. The second-order valence-corrected chi connectivity index (χ2v) is 3.90. The van der Waals surface area contributed by atoms with E-state index in [0.29, 0.717) is 0 Å². The molecule has 1 heteroatoms. The summed E-state index contributed by atoms with van der Waals surface area (Å²) in [4.78, 5) is 0. The van der Waals surface area contributed by atoms with Gasteiger partial charge in [0.05, 0.1) is 0 Å². The summed E-state index contributed by atoms with van der Waals surface area (Å²) in [7, 11) is 0. The third kappa shape index (κ3) is 1.46. The summed E-state index contributed by atoms with van der Waals surface area (Å²) in [6.45, 7) is 0.743. The van der Waals surface area contributed by atoms with Crippen LogP contribution in [0.15, 0.2) is 23.3 Å².